The van der Waals surface area contributed by atoms with Crippen LogP contribution in [0, 0.1) is 0 Å². The highest BCUT2D eigenvalue weighted by Gasteiger charge is 2.26. The molecule has 0 aliphatic heterocycles. The number of alkyl halides is 1. The summed E-state index contributed by atoms with van der Waals surface area (Å²) in [5.41, 5.74) is 1.42. The molecule has 8 nitrogen and oxygen atoms in total. The molecule has 3 rings (SSSR count). The third-order valence-electron chi connectivity index (χ3n) is 5.96. The highest BCUT2D eigenvalue weighted by Crippen LogP contribution is 2.40. The second-order valence-electron chi connectivity index (χ2n) is 9.42. The van der Waals surface area contributed by atoms with E-state index in [2.05, 4.69) is 18.8 Å². The Bertz CT molecular complexity index is 1230. The first-order chi connectivity index (χ1) is 18.5. The van der Waals surface area contributed by atoms with Gasteiger partial charge in [-0.15, -0.1) is 11.6 Å². The number of ether oxygens (including phenoxy) is 4. The number of nitrogens with zero attached hydrogens (tertiary/aromatic N) is 2. The number of benzene rings is 2. The number of hydrogen-bond donors (Lipinski definition) is 0. The lowest BCUT2D eigenvalue weighted by atomic mass is 9.78. The Morgan fingerprint density at radius 3 is 2.05 bits per heavy atom. The molecule has 0 unspecified atom stereocenters. The minimum atomic E-state index is -0.622. The van der Waals surface area contributed by atoms with Crippen LogP contribution in [0.25, 0.3) is 0 Å². The first-order valence-electron chi connectivity index (χ1n) is 12.2. The van der Waals surface area contributed by atoms with Gasteiger partial charge in [0.15, 0.2) is 11.9 Å². The lowest BCUT2D eigenvalue weighted by Gasteiger charge is -2.27. The van der Waals surface area contributed by atoms with Gasteiger partial charge in [-0.1, -0.05) is 49.2 Å². The largest absolute Gasteiger partial charge is 0.490 e. The zero-order chi connectivity index (χ0) is 28.6. The Kier molecular flexibility index (Phi) is 10.9. The van der Waals surface area contributed by atoms with Crippen LogP contribution in [-0.2, 0) is 31.0 Å². The standard InChI is InChI=1S/C28H31Cl3N2O6/c1-18(34)38-23(13-29)15-37-27-25(30)11-21(12-26(27)31)28(3,4)20-5-7-22(8-6-20)36-16-24(39-19(2)35)14-33-10-9-32-17-33/h5-12,17,23-24H,13-16H2,1-4H3/t23-,24-/m1/s1. The molecule has 0 spiro atoms. The van der Waals surface area contributed by atoms with Crippen molar-refractivity contribution >= 4 is 46.7 Å². The molecular weight excluding hydrogens is 567 g/mol. The molecule has 0 fully saturated rings. The maximum Gasteiger partial charge on any atom is 0.303 e. The molecule has 11 heteroatoms. The summed E-state index contributed by atoms with van der Waals surface area (Å²) < 4.78 is 24.0. The summed E-state index contributed by atoms with van der Waals surface area (Å²) in [5, 5.41) is 0.659. The van der Waals surface area contributed by atoms with E-state index in [-0.39, 0.29) is 25.1 Å². The number of esters is 2. The summed E-state index contributed by atoms with van der Waals surface area (Å²) in [6.07, 6.45) is 4.03. The normalized spacial score (nSPS) is 12.9. The fourth-order valence-electron chi connectivity index (χ4n) is 3.89. The summed E-state index contributed by atoms with van der Waals surface area (Å²) in [6, 6.07) is 11.2. The van der Waals surface area contributed by atoms with E-state index in [1.54, 1.807) is 30.9 Å². The minimum Gasteiger partial charge on any atom is -0.490 e. The van der Waals surface area contributed by atoms with Crippen molar-refractivity contribution in [3.63, 3.8) is 0 Å². The second-order valence-corrected chi connectivity index (χ2v) is 10.5. The second kappa shape index (κ2) is 13.9. The van der Waals surface area contributed by atoms with Crippen LogP contribution in [0.4, 0.5) is 0 Å². The molecular formula is C28H31Cl3N2O6. The average Bonchev–Trinajstić information content (AvgIpc) is 3.38. The zero-order valence-corrected chi connectivity index (χ0v) is 24.4. The predicted molar refractivity (Wildman–Crippen MR) is 150 cm³/mol. The van der Waals surface area contributed by atoms with Crippen LogP contribution in [0.1, 0.15) is 38.8 Å². The summed E-state index contributed by atoms with van der Waals surface area (Å²) >= 11 is 18.9. The van der Waals surface area contributed by atoms with E-state index in [9.17, 15) is 9.59 Å². The molecule has 39 heavy (non-hydrogen) atoms. The van der Waals surface area contributed by atoms with Gasteiger partial charge in [0, 0.05) is 31.7 Å². The quantitative estimate of drug-likeness (QED) is 0.174. The fourth-order valence-corrected chi connectivity index (χ4v) is 4.64. The SMILES string of the molecule is CC(=O)O[C@H](CCl)COc1c(Cl)cc(C(C)(C)c2ccc(OC[C@@H](Cn3ccnc3)OC(C)=O)cc2)cc1Cl. The van der Waals surface area contributed by atoms with Crippen LogP contribution in [0.2, 0.25) is 10.0 Å². The Balaban J connectivity index is 1.68. The summed E-state index contributed by atoms with van der Waals surface area (Å²) in [4.78, 5) is 26.7. The molecule has 2 atom stereocenters. The van der Waals surface area contributed by atoms with Crippen LogP contribution in [0.3, 0.4) is 0 Å². The molecule has 0 amide bonds. The Morgan fingerprint density at radius 2 is 1.51 bits per heavy atom. The molecule has 2 aromatic carbocycles. The highest BCUT2D eigenvalue weighted by atomic mass is 35.5. The van der Waals surface area contributed by atoms with E-state index >= 15 is 0 Å². The minimum absolute atomic E-state index is 0.0212. The van der Waals surface area contributed by atoms with E-state index in [0.717, 1.165) is 11.1 Å². The van der Waals surface area contributed by atoms with E-state index < -0.39 is 23.6 Å². The van der Waals surface area contributed by atoms with Gasteiger partial charge in [-0.05, 0) is 35.4 Å². The topological polar surface area (TPSA) is 88.9 Å². The Morgan fingerprint density at radius 1 is 0.923 bits per heavy atom. The molecule has 0 bridgehead atoms. The number of aromatic nitrogens is 2. The first kappa shape index (κ1) is 30.6. The number of carbonyl (C=O) groups is 2. The average molecular weight is 598 g/mol. The van der Waals surface area contributed by atoms with Crippen molar-refractivity contribution in [2.24, 2.45) is 0 Å². The van der Waals surface area contributed by atoms with Crippen LogP contribution < -0.4 is 9.47 Å². The van der Waals surface area contributed by atoms with Crippen molar-refractivity contribution in [1.82, 2.24) is 9.55 Å². The smallest absolute Gasteiger partial charge is 0.303 e. The molecule has 0 radical (unpaired) electrons. The van der Waals surface area contributed by atoms with Gasteiger partial charge >= 0.3 is 11.9 Å². The van der Waals surface area contributed by atoms with Gasteiger partial charge in [0.25, 0.3) is 0 Å². The molecule has 0 saturated carbocycles. The third-order valence-corrected chi connectivity index (χ3v) is 6.86. The summed E-state index contributed by atoms with van der Waals surface area (Å²) in [7, 11) is 0. The van der Waals surface area contributed by atoms with E-state index in [0.29, 0.717) is 28.1 Å². The van der Waals surface area contributed by atoms with E-state index in [4.69, 9.17) is 53.8 Å². The van der Waals surface area contributed by atoms with Gasteiger partial charge < -0.3 is 23.5 Å². The maximum absolute atomic E-state index is 11.5. The molecule has 0 aliphatic rings. The number of rotatable bonds is 13. The molecule has 210 valence electrons. The lowest BCUT2D eigenvalue weighted by molar-refractivity contribution is -0.148. The van der Waals surface area contributed by atoms with Crippen molar-refractivity contribution in [3.05, 3.63) is 76.3 Å². The van der Waals surface area contributed by atoms with Crippen molar-refractivity contribution in [1.29, 1.82) is 0 Å². The van der Waals surface area contributed by atoms with Gasteiger partial charge in [0.1, 0.15) is 25.1 Å². The van der Waals surface area contributed by atoms with Crippen molar-refractivity contribution < 1.29 is 28.5 Å². The van der Waals surface area contributed by atoms with Crippen molar-refractivity contribution in [2.45, 2.75) is 51.9 Å². The molecule has 1 heterocycles. The molecule has 0 aliphatic carbocycles. The lowest BCUT2D eigenvalue weighted by Crippen LogP contribution is -2.28. The predicted octanol–water partition coefficient (Wildman–Crippen LogP) is 6.08. The van der Waals surface area contributed by atoms with Gasteiger partial charge in [0.05, 0.1) is 28.8 Å². The van der Waals surface area contributed by atoms with Crippen molar-refractivity contribution in [2.75, 3.05) is 19.1 Å². The highest BCUT2D eigenvalue weighted by molar-refractivity contribution is 6.37. The van der Waals surface area contributed by atoms with Crippen LogP contribution >= 0.6 is 34.8 Å². The fraction of sp³-hybridized carbons (Fsp3) is 0.393. The molecule has 3 aromatic rings. The zero-order valence-electron chi connectivity index (χ0n) is 22.2. The van der Waals surface area contributed by atoms with Crippen molar-refractivity contribution in [3.8, 4) is 11.5 Å². The van der Waals surface area contributed by atoms with Crippen LogP contribution in [-0.4, -0.2) is 52.8 Å². The Labute approximate surface area is 243 Å². The number of imidazole rings is 1. The molecule has 0 saturated heterocycles. The number of carbonyl (C=O) groups excluding carboxylic acids is 2. The number of hydrogen-bond acceptors (Lipinski definition) is 7. The van der Waals surface area contributed by atoms with Gasteiger partial charge in [-0.25, -0.2) is 4.98 Å². The molecule has 0 N–H and O–H groups in total. The third kappa shape index (κ3) is 8.78. The van der Waals surface area contributed by atoms with Crippen LogP contribution in [0.5, 0.6) is 11.5 Å². The summed E-state index contributed by atoms with van der Waals surface area (Å²) in [5.74, 6) is 0.182. The maximum atomic E-state index is 11.5. The molecule has 1 aromatic heterocycles. The summed E-state index contributed by atoms with van der Waals surface area (Å²) in [6.45, 7) is 7.42. The Hall–Kier alpha value is -2.94. The first-order valence-corrected chi connectivity index (χ1v) is 13.5. The van der Waals surface area contributed by atoms with E-state index in [1.165, 1.54) is 13.8 Å². The van der Waals surface area contributed by atoms with Gasteiger partial charge in [-0.2, -0.15) is 0 Å². The van der Waals surface area contributed by atoms with Gasteiger partial charge in [0.2, 0.25) is 0 Å². The van der Waals surface area contributed by atoms with Gasteiger partial charge in [-0.3, -0.25) is 9.59 Å². The number of halogens is 3. The monoisotopic (exact) mass is 596 g/mol. The van der Waals surface area contributed by atoms with Crippen LogP contribution in [0.15, 0.2) is 55.1 Å². The van der Waals surface area contributed by atoms with E-state index in [1.807, 2.05) is 28.8 Å².